The molecule has 0 radical (unpaired) electrons. The number of carbonyl (C=O) groups is 1. The Bertz CT molecular complexity index is 489. The van der Waals surface area contributed by atoms with E-state index in [0.717, 1.165) is 62.0 Å². The van der Waals surface area contributed by atoms with E-state index < -0.39 is 0 Å². The van der Waals surface area contributed by atoms with Gasteiger partial charge in [0.05, 0.1) is 0 Å². The lowest BCUT2D eigenvalue weighted by molar-refractivity contribution is -0.123. The average Bonchev–Trinajstić information content (AvgIpc) is 2.67. The normalized spacial score (nSPS) is 30.7. The van der Waals surface area contributed by atoms with Crippen molar-refractivity contribution in [1.29, 1.82) is 5.41 Å². The molecule has 0 aromatic carbocycles. The molecule has 4 atom stereocenters. The quantitative estimate of drug-likeness (QED) is 0.425. The lowest BCUT2D eigenvalue weighted by atomic mass is 9.62. The van der Waals surface area contributed by atoms with Crippen LogP contribution in [-0.4, -0.2) is 11.5 Å². The molecule has 2 nitrogen and oxygen atoms in total. The summed E-state index contributed by atoms with van der Waals surface area (Å²) in [6.07, 6.45) is 22.3. The van der Waals surface area contributed by atoms with Gasteiger partial charge in [-0.25, -0.2) is 0 Å². The van der Waals surface area contributed by atoms with Crippen molar-refractivity contribution in [3.05, 3.63) is 0 Å². The van der Waals surface area contributed by atoms with E-state index in [2.05, 4.69) is 6.92 Å². The molecule has 0 amide bonds. The number of fused-ring (bicyclic) bond motifs is 1. The highest BCUT2D eigenvalue weighted by Crippen LogP contribution is 2.47. The Morgan fingerprint density at radius 1 is 0.821 bits per heavy atom. The van der Waals surface area contributed by atoms with Crippen molar-refractivity contribution in [2.24, 2.45) is 29.6 Å². The maximum absolute atomic E-state index is 12.6. The van der Waals surface area contributed by atoms with E-state index in [1.165, 1.54) is 77.0 Å². The van der Waals surface area contributed by atoms with Crippen LogP contribution in [0.3, 0.4) is 0 Å². The van der Waals surface area contributed by atoms with E-state index in [1.54, 1.807) is 0 Å². The van der Waals surface area contributed by atoms with Gasteiger partial charge in [-0.2, -0.15) is 0 Å². The number of nitrogens with one attached hydrogen (secondary N) is 1. The molecule has 0 aromatic rings. The Hall–Kier alpha value is -0.660. The summed E-state index contributed by atoms with van der Waals surface area (Å²) < 4.78 is 0. The largest absolute Gasteiger partial charge is 0.310 e. The number of carbonyl (C=O) groups excluding carboxylic acids is 1. The molecule has 2 heteroatoms. The molecule has 0 spiro atoms. The first-order valence-electron chi connectivity index (χ1n) is 12.7. The molecule has 3 fully saturated rings. The lowest BCUT2D eigenvalue weighted by Gasteiger charge is -2.44. The van der Waals surface area contributed by atoms with Crippen LogP contribution in [-0.2, 0) is 4.79 Å². The summed E-state index contributed by atoms with van der Waals surface area (Å²) in [6.45, 7) is 2.41. The molecule has 0 bridgehead atoms. The smallest absolute Gasteiger partial charge is 0.135 e. The predicted octanol–water partition coefficient (Wildman–Crippen LogP) is 7.74. The minimum absolute atomic E-state index is 0.332. The van der Waals surface area contributed by atoms with Crippen LogP contribution in [0.4, 0.5) is 0 Å². The fourth-order valence-corrected chi connectivity index (χ4v) is 6.80. The first kappa shape index (κ1) is 22.0. The standard InChI is InChI=1S/C26H45NO/c1-20(24-17-9-14-21-11-7-8-16-25(21)24)19-23(27)15-10-18-26(28)22-12-5-3-2-4-6-13-22/h20-22,24-25,27H,2-19H2,1H3. The zero-order valence-electron chi connectivity index (χ0n) is 18.5. The Kier molecular flexibility index (Phi) is 9.05. The number of rotatable bonds is 8. The molecule has 3 rings (SSSR count). The number of hydrogen-bond donors (Lipinski definition) is 1. The molecule has 28 heavy (non-hydrogen) atoms. The molecule has 3 aliphatic carbocycles. The van der Waals surface area contributed by atoms with Gasteiger partial charge in [-0.05, 0) is 68.6 Å². The highest BCUT2D eigenvalue weighted by atomic mass is 16.1. The first-order chi connectivity index (χ1) is 13.6. The highest BCUT2D eigenvalue weighted by Gasteiger charge is 2.37. The van der Waals surface area contributed by atoms with Crippen molar-refractivity contribution in [1.82, 2.24) is 0 Å². The monoisotopic (exact) mass is 387 g/mol. The number of hydrogen-bond acceptors (Lipinski definition) is 2. The molecule has 0 aliphatic heterocycles. The van der Waals surface area contributed by atoms with Crippen molar-refractivity contribution in [2.75, 3.05) is 0 Å². The van der Waals surface area contributed by atoms with Crippen molar-refractivity contribution in [3.63, 3.8) is 0 Å². The van der Waals surface area contributed by atoms with Crippen LogP contribution in [0.15, 0.2) is 0 Å². The van der Waals surface area contributed by atoms with Crippen LogP contribution in [0.5, 0.6) is 0 Å². The molecule has 1 N–H and O–H groups in total. The van der Waals surface area contributed by atoms with Gasteiger partial charge in [0.25, 0.3) is 0 Å². The second-order valence-electron chi connectivity index (χ2n) is 10.5. The summed E-state index contributed by atoms with van der Waals surface area (Å²) in [5.74, 6) is 4.30. The minimum atomic E-state index is 0.332. The molecule has 0 aromatic heterocycles. The zero-order chi connectivity index (χ0) is 19.8. The molecule has 160 valence electrons. The van der Waals surface area contributed by atoms with E-state index in [4.69, 9.17) is 5.41 Å². The third-order valence-corrected chi connectivity index (χ3v) is 8.39. The van der Waals surface area contributed by atoms with E-state index in [-0.39, 0.29) is 0 Å². The second-order valence-corrected chi connectivity index (χ2v) is 10.5. The van der Waals surface area contributed by atoms with Gasteiger partial charge in [0.15, 0.2) is 0 Å². The van der Waals surface area contributed by atoms with Crippen LogP contribution in [0.1, 0.15) is 122 Å². The van der Waals surface area contributed by atoms with Gasteiger partial charge in [0, 0.05) is 18.1 Å². The Labute approximate surface area is 174 Å². The maximum atomic E-state index is 12.6. The summed E-state index contributed by atoms with van der Waals surface area (Å²) >= 11 is 0. The summed E-state index contributed by atoms with van der Waals surface area (Å²) in [6, 6.07) is 0. The van der Waals surface area contributed by atoms with Crippen LogP contribution in [0.2, 0.25) is 0 Å². The second kappa shape index (κ2) is 11.5. The van der Waals surface area contributed by atoms with Crippen LogP contribution in [0, 0.1) is 35.0 Å². The third kappa shape index (κ3) is 6.42. The molecular weight excluding hydrogens is 342 g/mol. The molecule has 3 aliphatic rings. The van der Waals surface area contributed by atoms with E-state index in [0.29, 0.717) is 17.6 Å². The Morgan fingerprint density at radius 2 is 1.46 bits per heavy atom. The minimum Gasteiger partial charge on any atom is -0.310 e. The SMILES string of the molecule is CC(CC(=N)CCCC(=O)C1CCCCCCC1)C1CCCC2CCCCC21. The first-order valence-corrected chi connectivity index (χ1v) is 12.7. The molecule has 3 saturated carbocycles. The average molecular weight is 388 g/mol. The van der Waals surface area contributed by atoms with Crippen molar-refractivity contribution < 1.29 is 4.79 Å². The van der Waals surface area contributed by atoms with Crippen LogP contribution < -0.4 is 0 Å². The van der Waals surface area contributed by atoms with Crippen molar-refractivity contribution in [2.45, 2.75) is 122 Å². The van der Waals surface area contributed by atoms with Gasteiger partial charge < -0.3 is 5.41 Å². The highest BCUT2D eigenvalue weighted by molar-refractivity contribution is 5.84. The van der Waals surface area contributed by atoms with E-state index in [1.807, 2.05) is 0 Å². The van der Waals surface area contributed by atoms with Gasteiger partial charge in [0.1, 0.15) is 5.78 Å². The topological polar surface area (TPSA) is 40.9 Å². The summed E-state index contributed by atoms with van der Waals surface area (Å²) in [5, 5.41) is 8.51. The van der Waals surface area contributed by atoms with E-state index in [9.17, 15) is 4.79 Å². The van der Waals surface area contributed by atoms with Gasteiger partial charge in [-0.1, -0.05) is 71.1 Å². The molecular formula is C26H45NO. The van der Waals surface area contributed by atoms with E-state index >= 15 is 0 Å². The zero-order valence-corrected chi connectivity index (χ0v) is 18.5. The van der Waals surface area contributed by atoms with Gasteiger partial charge in [0.2, 0.25) is 0 Å². The van der Waals surface area contributed by atoms with Crippen molar-refractivity contribution in [3.8, 4) is 0 Å². The molecule has 0 heterocycles. The lowest BCUT2D eigenvalue weighted by Crippen LogP contribution is -2.35. The Balaban J connectivity index is 1.37. The van der Waals surface area contributed by atoms with Crippen molar-refractivity contribution >= 4 is 11.5 Å². The van der Waals surface area contributed by atoms with Gasteiger partial charge in [-0.15, -0.1) is 0 Å². The Morgan fingerprint density at radius 3 is 2.25 bits per heavy atom. The summed E-state index contributed by atoms with van der Waals surface area (Å²) in [4.78, 5) is 12.6. The third-order valence-electron chi connectivity index (χ3n) is 8.39. The van der Waals surface area contributed by atoms with Gasteiger partial charge in [-0.3, -0.25) is 4.79 Å². The number of ketones is 1. The maximum Gasteiger partial charge on any atom is 0.135 e. The van der Waals surface area contributed by atoms with Crippen LogP contribution >= 0.6 is 0 Å². The number of Topliss-reactive ketones (excluding diaryl/α,β-unsaturated/α-hetero) is 1. The fraction of sp³-hybridized carbons (Fsp3) is 0.923. The summed E-state index contributed by atoms with van der Waals surface area (Å²) in [5.41, 5.74) is 0.913. The molecule has 0 saturated heterocycles. The van der Waals surface area contributed by atoms with Crippen LogP contribution in [0.25, 0.3) is 0 Å². The fourth-order valence-electron chi connectivity index (χ4n) is 6.80. The summed E-state index contributed by atoms with van der Waals surface area (Å²) in [7, 11) is 0. The molecule has 4 unspecified atom stereocenters. The van der Waals surface area contributed by atoms with Gasteiger partial charge >= 0.3 is 0 Å². The predicted molar refractivity (Wildman–Crippen MR) is 119 cm³/mol.